The molecule has 0 saturated heterocycles. The number of unbranched alkanes of at least 4 members (excludes halogenated alkanes) is 1. The van der Waals surface area contributed by atoms with E-state index in [9.17, 15) is 18.0 Å². The molecule has 0 aliphatic carbocycles. The highest BCUT2D eigenvalue weighted by molar-refractivity contribution is 7.87. The van der Waals surface area contributed by atoms with E-state index in [1.54, 1.807) is 7.05 Å². The molecule has 10 nitrogen and oxygen atoms in total. The molecule has 3 rings (SSSR count). The molecule has 0 unspecified atom stereocenters. The van der Waals surface area contributed by atoms with Crippen LogP contribution < -0.4 is 14.9 Å². The Bertz CT molecular complexity index is 1220. The summed E-state index contributed by atoms with van der Waals surface area (Å²) in [5.74, 6) is 0. The molecule has 36 heavy (non-hydrogen) atoms. The largest absolute Gasteiger partial charge is 0.443 e. The molecule has 1 amide bonds. The number of rotatable bonds is 13. The van der Waals surface area contributed by atoms with E-state index in [1.165, 1.54) is 21.4 Å². The molecule has 3 N–H and O–H groups in total. The van der Waals surface area contributed by atoms with Crippen LogP contribution in [0.25, 0.3) is 11.3 Å². The second-order valence-electron chi connectivity index (χ2n) is 7.93. The van der Waals surface area contributed by atoms with Crippen molar-refractivity contribution in [1.29, 1.82) is 0 Å². The summed E-state index contributed by atoms with van der Waals surface area (Å²) >= 11 is 1.33. The van der Waals surface area contributed by atoms with Gasteiger partial charge in [0, 0.05) is 24.5 Å². The van der Waals surface area contributed by atoms with Gasteiger partial charge in [-0.2, -0.15) is 8.42 Å². The van der Waals surface area contributed by atoms with Gasteiger partial charge in [0.1, 0.15) is 18.9 Å². The van der Waals surface area contributed by atoms with E-state index in [4.69, 9.17) is 9.88 Å². The van der Waals surface area contributed by atoms with Crippen LogP contribution in [0.2, 0.25) is 0 Å². The van der Waals surface area contributed by atoms with Crippen LogP contribution in [0.3, 0.4) is 0 Å². The number of nitrogens with two attached hydrogens (primary N) is 1. The van der Waals surface area contributed by atoms with Gasteiger partial charge in [-0.25, -0.2) is 24.6 Å². The first-order valence-corrected chi connectivity index (χ1v) is 13.7. The zero-order chi connectivity index (χ0) is 26.0. The molecule has 192 valence electrons. The topological polar surface area (TPSA) is 135 Å². The monoisotopic (exact) mass is 531 g/mol. The number of aromatic nitrogens is 1. The average molecular weight is 532 g/mol. The summed E-state index contributed by atoms with van der Waals surface area (Å²) in [5, 5.41) is 10.1. The minimum atomic E-state index is -3.78. The summed E-state index contributed by atoms with van der Waals surface area (Å²) in [6.45, 7) is 0.173. The van der Waals surface area contributed by atoms with Gasteiger partial charge in [0.25, 0.3) is 10.2 Å². The van der Waals surface area contributed by atoms with Crippen molar-refractivity contribution in [3.05, 3.63) is 71.6 Å². The van der Waals surface area contributed by atoms with Crippen molar-refractivity contribution in [2.24, 2.45) is 5.14 Å². The van der Waals surface area contributed by atoms with Gasteiger partial charge in [-0.05, 0) is 24.8 Å². The third-order valence-corrected chi connectivity index (χ3v) is 6.77. The maximum atomic E-state index is 13.2. The van der Waals surface area contributed by atoms with Crippen molar-refractivity contribution in [3.63, 3.8) is 0 Å². The summed E-state index contributed by atoms with van der Waals surface area (Å²) < 4.78 is 29.8. The number of carbonyl (C=O) groups excluding carboxylic acids is 2. The van der Waals surface area contributed by atoms with Crippen LogP contribution in [-0.4, -0.2) is 50.4 Å². The Morgan fingerprint density at radius 3 is 2.44 bits per heavy atom. The number of benzene rings is 2. The molecule has 0 saturated carbocycles. The lowest BCUT2D eigenvalue weighted by Crippen LogP contribution is -2.51. The molecule has 1 atom stereocenters. The fourth-order valence-electron chi connectivity index (χ4n) is 3.45. The molecule has 1 aromatic heterocycles. The van der Waals surface area contributed by atoms with E-state index in [0.717, 1.165) is 16.8 Å². The molecule has 3 aromatic rings. The quantitative estimate of drug-likeness (QED) is 0.196. The molecule has 0 radical (unpaired) electrons. The van der Waals surface area contributed by atoms with Gasteiger partial charge in [0.2, 0.25) is 5.13 Å². The van der Waals surface area contributed by atoms with Crippen LogP contribution in [0.1, 0.15) is 24.8 Å². The number of hydrogen-bond donors (Lipinski definition) is 2. The number of aldehydes is 1. The number of anilines is 1. The van der Waals surface area contributed by atoms with Crippen LogP contribution >= 0.6 is 11.3 Å². The van der Waals surface area contributed by atoms with Crippen LogP contribution in [0.5, 0.6) is 0 Å². The first kappa shape index (κ1) is 27.3. The highest BCUT2D eigenvalue weighted by atomic mass is 32.2. The van der Waals surface area contributed by atoms with Crippen molar-refractivity contribution in [1.82, 2.24) is 14.7 Å². The molecular weight excluding hydrogens is 502 g/mol. The summed E-state index contributed by atoms with van der Waals surface area (Å²) in [6.07, 6.45) is 1.18. The van der Waals surface area contributed by atoms with Gasteiger partial charge in [0.15, 0.2) is 0 Å². The summed E-state index contributed by atoms with van der Waals surface area (Å²) in [4.78, 5) is 29.9. The zero-order valence-corrected chi connectivity index (χ0v) is 21.5. The normalized spacial score (nSPS) is 12.1. The molecule has 0 spiro atoms. The highest BCUT2D eigenvalue weighted by Crippen LogP contribution is 2.29. The maximum absolute atomic E-state index is 13.2. The van der Waals surface area contributed by atoms with E-state index >= 15 is 0 Å². The highest BCUT2D eigenvalue weighted by Gasteiger charge is 2.30. The van der Waals surface area contributed by atoms with Gasteiger partial charge in [-0.1, -0.05) is 60.7 Å². The number of nitrogens with zero attached hydrogens (tertiary/aromatic N) is 3. The van der Waals surface area contributed by atoms with E-state index in [0.29, 0.717) is 24.3 Å². The summed E-state index contributed by atoms with van der Waals surface area (Å²) in [7, 11) is -2.13. The number of hydrazine groups is 1. The average Bonchev–Trinajstić information content (AvgIpc) is 3.37. The molecule has 2 aromatic carbocycles. The van der Waals surface area contributed by atoms with Gasteiger partial charge in [-0.3, -0.25) is 5.01 Å². The molecule has 0 aliphatic heterocycles. The van der Waals surface area contributed by atoms with Crippen molar-refractivity contribution in [2.45, 2.75) is 31.9 Å². The number of nitrogens with one attached hydrogen (secondary N) is 1. The molecular formula is C24H29N5O5S2. The van der Waals surface area contributed by atoms with Crippen molar-refractivity contribution in [3.8, 4) is 11.3 Å². The van der Waals surface area contributed by atoms with Crippen LogP contribution in [0, 0.1) is 0 Å². The molecule has 0 bridgehead atoms. The second kappa shape index (κ2) is 13.1. The fraction of sp³-hybridized carbons (Fsp3) is 0.292. The number of ether oxygens (including phenoxy) is 1. The number of carbonyl (C=O) groups is 2. The van der Waals surface area contributed by atoms with E-state index in [2.05, 4.69) is 9.71 Å². The summed E-state index contributed by atoms with van der Waals surface area (Å²) in [6, 6.07) is 18.0. The van der Waals surface area contributed by atoms with Crippen molar-refractivity contribution in [2.75, 3.05) is 18.6 Å². The van der Waals surface area contributed by atoms with Gasteiger partial charge >= 0.3 is 6.09 Å². The van der Waals surface area contributed by atoms with E-state index in [-0.39, 0.29) is 19.6 Å². The molecule has 12 heteroatoms. The van der Waals surface area contributed by atoms with Gasteiger partial charge in [-0.15, -0.1) is 11.3 Å². The number of thiazole rings is 1. The van der Waals surface area contributed by atoms with Crippen LogP contribution in [0.15, 0.2) is 66.0 Å². The third-order valence-electron chi connectivity index (χ3n) is 5.25. The Labute approximate surface area is 214 Å². The first-order valence-electron chi connectivity index (χ1n) is 11.3. The number of hydrogen-bond acceptors (Lipinski definition) is 8. The Kier molecular flexibility index (Phi) is 9.94. The predicted octanol–water partition coefficient (Wildman–Crippen LogP) is 3.33. The Morgan fingerprint density at radius 2 is 1.81 bits per heavy atom. The lowest BCUT2D eigenvalue weighted by atomic mass is 10.1. The minimum absolute atomic E-state index is 0.0427. The maximum Gasteiger partial charge on any atom is 0.429 e. The van der Waals surface area contributed by atoms with E-state index in [1.807, 2.05) is 66.0 Å². The van der Waals surface area contributed by atoms with Crippen molar-refractivity contribution < 1.29 is 22.7 Å². The number of amides is 1. The first-order chi connectivity index (χ1) is 17.3. The lowest BCUT2D eigenvalue weighted by molar-refractivity contribution is -0.112. The zero-order valence-electron chi connectivity index (χ0n) is 19.8. The fourth-order valence-corrected chi connectivity index (χ4v) is 4.68. The third kappa shape index (κ3) is 8.12. The molecule has 0 aliphatic rings. The van der Waals surface area contributed by atoms with Crippen LogP contribution in [-0.2, 0) is 26.3 Å². The SMILES string of the molecule is CN(c1nc(-c2ccccc2)cs1)N(C(=O)OCc1ccccc1)[C@H](C=O)CCCCNS(N)(=O)=O. The molecule has 1 heterocycles. The minimum Gasteiger partial charge on any atom is -0.443 e. The van der Waals surface area contributed by atoms with E-state index < -0.39 is 22.3 Å². The van der Waals surface area contributed by atoms with Crippen LogP contribution in [0.4, 0.5) is 9.93 Å². The Balaban J connectivity index is 1.75. The standard InChI is InChI=1S/C24H29N5O5S2/c1-28(23-27-22(18-35-23)20-12-6-3-7-13-20)29(24(31)34-17-19-10-4-2-5-11-19)21(16-30)14-8-9-15-26-36(25,32)33/h2-7,10-13,16,18,21,26H,8-9,14-15,17H2,1H3,(H2,25,32,33)/t21-/m0/s1. The second-order valence-corrected chi connectivity index (χ2v) is 10.1. The van der Waals surface area contributed by atoms with Gasteiger partial charge in [0.05, 0.1) is 5.69 Å². The van der Waals surface area contributed by atoms with Crippen molar-refractivity contribution >= 4 is 39.1 Å². The summed E-state index contributed by atoms with van der Waals surface area (Å²) in [5.41, 5.74) is 2.49. The smallest absolute Gasteiger partial charge is 0.429 e. The van der Waals surface area contributed by atoms with Gasteiger partial charge < -0.3 is 9.53 Å². The predicted molar refractivity (Wildman–Crippen MR) is 139 cm³/mol. The molecule has 0 fully saturated rings. The Morgan fingerprint density at radius 1 is 1.14 bits per heavy atom. The Hall–Kier alpha value is -3.32. The lowest BCUT2D eigenvalue weighted by Gasteiger charge is -2.34.